The summed E-state index contributed by atoms with van der Waals surface area (Å²) in [6, 6.07) is 0. The van der Waals surface area contributed by atoms with Gasteiger partial charge in [-0.2, -0.15) is 5.21 Å². The van der Waals surface area contributed by atoms with Gasteiger partial charge in [0.15, 0.2) is 0 Å². The van der Waals surface area contributed by atoms with Gasteiger partial charge in [-0.1, -0.05) is 10.3 Å². The summed E-state index contributed by atoms with van der Waals surface area (Å²) in [5.74, 6) is 0. The Morgan fingerprint density at radius 2 is 2.58 bits per heavy atom. The maximum atomic E-state index is 11.0. The second kappa shape index (κ2) is 3.44. The SMILES string of the molecule is COP(=O)(O)Cn1[nH]nnc1=S. The van der Waals surface area contributed by atoms with Crippen LogP contribution in [0.3, 0.4) is 0 Å². The van der Waals surface area contributed by atoms with E-state index in [-0.39, 0.29) is 11.1 Å². The molecule has 68 valence electrons. The predicted octanol–water partition coefficient (Wildman–Crippen LogP) is 0.125. The Labute approximate surface area is 72.9 Å². The van der Waals surface area contributed by atoms with Gasteiger partial charge in [-0.3, -0.25) is 4.57 Å². The van der Waals surface area contributed by atoms with Crippen LogP contribution in [0.25, 0.3) is 0 Å². The predicted molar refractivity (Wildman–Crippen MR) is 42.0 cm³/mol. The largest absolute Gasteiger partial charge is 0.349 e. The molecule has 0 bridgehead atoms. The van der Waals surface area contributed by atoms with E-state index in [1.165, 1.54) is 0 Å². The molecule has 2 N–H and O–H groups in total. The van der Waals surface area contributed by atoms with E-state index < -0.39 is 7.60 Å². The van der Waals surface area contributed by atoms with Crippen molar-refractivity contribution in [3.8, 4) is 0 Å². The van der Waals surface area contributed by atoms with E-state index in [1.54, 1.807) is 0 Å². The van der Waals surface area contributed by atoms with Crippen LogP contribution in [0.5, 0.6) is 0 Å². The molecule has 0 fully saturated rings. The van der Waals surface area contributed by atoms with Gasteiger partial charge in [0.05, 0.1) is 0 Å². The minimum absolute atomic E-state index is 0.112. The molecule has 1 heterocycles. The number of H-pyrrole nitrogens is 1. The van der Waals surface area contributed by atoms with Crippen molar-refractivity contribution < 1.29 is 14.0 Å². The van der Waals surface area contributed by atoms with Gasteiger partial charge in [-0.15, -0.1) is 0 Å². The van der Waals surface area contributed by atoms with Crippen LogP contribution < -0.4 is 0 Å². The first-order chi connectivity index (χ1) is 5.55. The van der Waals surface area contributed by atoms with Crippen molar-refractivity contribution in [3.05, 3.63) is 4.77 Å². The second-order valence-electron chi connectivity index (χ2n) is 1.97. The molecule has 0 aromatic carbocycles. The van der Waals surface area contributed by atoms with Crippen LogP contribution in [0, 0.1) is 4.77 Å². The average Bonchev–Trinajstić information content (AvgIpc) is 2.36. The summed E-state index contributed by atoms with van der Waals surface area (Å²) < 4.78 is 16.6. The van der Waals surface area contributed by atoms with Crippen LogP contribution in [0.1, 0.15) is 0 Å². The molecule has 0 aliphatic heterocycles. The van der Waals surface area contributed by atoms with Crippen LogP contribution in [0.2, 0.25) is 0 Å². The third-order valence-corrected chi connectivity index (χ3v) is 2.65. The first kappa shape index (κ1) is 9.53. The molecule has 9 heteroatoms. The van der Waals surface area contributed by atoms with E-state index in [0.29, 0.717) is 0 Å². The number of rotatable bonds is 3. The lowest BCUT2D eigenvalue weighted by Gasteiger charge is -2.07. The van der Waals surface area contributed by atoms with E-state index >= 15 is 0 Å². The fourth-order valence-corrected chi connectivity index (χ4v) is 1.46. The highest BCUT2D eigenvalue weighted by molar-refractivity contribution is 7.71. The van der Waals surface area contributed by atoms with E-state index in [1.807, 2.05) is 0 Å². The molecule has 1 atom stereocenters. The number of aromatic nitrogens is 4. The molecular formula is C3H7N4O3PS. The average molecular weight is 210 g/mol. The van der Waals surface area contributed by atoms with Crippen LogP contribution >= 0.6 is 19.8 Å². The molecule has 0 aliphatic rings. The molecule has 0 saturated heterocycles. The highest BCUT2D eigenvalue weighted by Crippen LogP contribution is 2.41. The summed E-state index contributed by atoms with van der Waals surface area (Å²) in [4.78, 5) is 9.01. The minimum atomic E-state index is -3.60. The first-order valence-electron chi connectivity index (χ1n) is 2.90. The number of hydrogen-bond acceptors (Lipinski definition) is 5. The van der Waals surface area contributed by atoms with E-state index in [9.17, 15) is 4.57 Å². The van der Waals surface area contributed by atoms with Crippen molar-refractivity contribution in [2.75, 3.05) is 7.11 Å². The number of nitrogens with one attached hydrogen (secondary N) is 1. The summed E-state index contributed by atoms with van der Waals surface area (Å²) >= 11 is 4.67. The van der Waals surface area contributed by atoms with Crippen molar-refractivity contribution >= 4 is 19.8 Å². The monoisotopic (exact) mass is 210 g/mol. The van der Waals surface area contributed by atoms with Crippen LogP contribution in [-0.2, 0) is 15.4 Å². The Morgan fingerprint density at radius 3 is 3.00 bits per heavy atom. The van der Waals surface area contributed by atoms with Gasteiger partial charge in [-0.25, -0.2) is 4.68 Å². The lowest BCUT2D eigenvalue weighted by Crippen LogP contribution is -2.02. The summed E-state index contributed by atoms with van der Waals surface area (Å²) in [6.07, 6.45) is -0.269. The maximum Gasteiger partial charge on any atom is 0.349 e. The molecule has 0 spiro atoms. The molecule has 12 heavy (non-hydrogen) atoms. The van der Waals surface area contributed by atoms with Crippen molar-refractivity contribution in [2.45, 2.75) is 6.29 Å². The van der Waals surface area contributed by atoms with E-state index in [0.717, 1.165) is 11.8 Å². The van der Waals surface area contributed by atoms with Gasteiger partial charge in [-0.05, 0) is 12.2 Å². The zero-order valence-electron chi connectivity index (χ0n) is 6.17. The maximum absolute atomic E-state index is 11.0. The summed E-state index contributed by atoms with van der Waals surface area (Å²) in [7, 11) is -2.46. The Balaban J connectivity index is 2.84. The Morgan fingerprint density at radius 1 is 1.92 bits per heavy atom. The topological polar surface area (TPSA) is 93.0 Å². The Kier molecular flexibility index (Phi) is 2.73. The molecule has 0 saturated carbocycles. The molecule has 1 aromatic heterocycles. The Bertz CT molecular complexity index is 358. The van der Waals surface area contributed by atoms with Crippen molar-refractivity contribution in [3.63, 3.8) is 0 Å². The van der Waals surface area contributed by atoms with E-state index in [2.05, 4.69) is 32.3 Å². The summed E-state index contributed by atoms with van der Waals surface area (Å²) in [5, 5.41) is 9.09. The van der Waals surface area contributed by atoms with Gasteiger partial charge < -0.3 is 9.42 Å². The molecular weight excluding hydrogens is 203 g/mol. The van der Waals surface area contributed by atoms with Crippen LogP contribution in [0.15, 0.2) is 0 Å². The second-order valence-corrected chi connectivity index (χ2v) is 4.26. The quantitative estimate of drug-likeness (QED) is 0.543. The third-order valence-electron chi connectivity index (χ3n) is 1.14. The number of nitrogens with zero attached hydrogens (tertiary/aromatic N) is 3. The van der Waals surface area contributed by atoms with Crippen molar-refractivity contribution in [1.29, 1.82) is 0 Å². The zero-order chi connectivity index (χ0) is 9.19. The third kappa shape index (κ3) is 2.21. The molecule has 1 rings (SSSR count). The van der Waals surface area contributed by atoms with Crippen LogP contribution in [-0.4, -0.2) is 32.2 Å². The van der Waals surface area contributed by atoms with Gasteiger partial charge in [0.1, 0.15) is 6.29 Å². The normalized spacial score (nSPS) is 15.8. The van der Waals surface area contributed by atoms with E-state index in [4.69, 9.17) is 4.89 Å². The lowest BCUT2D eigenvalue weighted by atomic mass is 11.2. The van der Waals surface area contributed by atoms with Gasteiger partial charge in [0.2, 0.25) is 4.77 Å². The highest BCUT2D eigenvalue weighted by Gasteiger charge is 2.18. The molecule has 1 aromatic rings. The van der Waals surface area contributed by atoms with Gasteiger partial charge in [0.25, 0.3) is 0 Å². The van der Waals surface area contributed by atoms with Gasteiger partial charge in [0, 0.05) is 7.11 Å². The van der Waals surface area contributed by atoms with Crippen molar-refractivity contribution in [1.82, 2.24) is 20.2 Å². The standard InChI is InChI=1S/C3H7N4O3PS/c1-10-11(8,9)2-7-3(12)4-5-6-7/h2H2,1H3,(H,8,9)(H,4,6,12). The van der Waals surface area contributed by atoms with Crippen LogP contribution in [0.4, 0.5) is 0 Å². The number of aromatic amines is 1. The summed E-state index contributed by atoms with van der Waals surface area (Å²) in [6.45, 7) is 0. The number of tetrazole rings is 1. The lowest BCUT2D eigenvalue weighted by molar-refractivity contribution is 0.304. The fraction of sp³-hybridized carbons (Fsp3) is 0.667. The number of hydrogen-bond donors (Lipinski definition) is 2. The summed E-state index contributed by atoms with van der Waals surface area (Å²) in [5.41, 5.74) is 0. The molecule has 1 unspecified atom stereocenters. The molecule has 7 nitrogen and oxygen atoms in total. The minimum Gasteiger partial charge on any atom is -0.323 e. The smallest absolute Gasteiger partial charge is 0.323 e. The van der Waals surface area contributed by atoms with Gasteiger partial charge >= 0.3 is 7.60 Å². The zero-order valence-corrected chi connectivity index (χ0v) is 7.88. The molecule has 0 radical (unpaired) electrons. The van der Waals surface area contributed by atoms with Crippen molar-refractivity contribution in [2.24, 2.45) is 0 Å². The molecule has 0 aliphatic carbocycles. The highest BCUT2D eigenvalue weighted by atomic mass is 32.1. The molecule has 0 amide bonds. The Hall–Kier alpha value is -0.560. The first-order valence-corrected chi connectivity index (χ1v) is 5.08. The fourth-order valence-electron chi connectivity index (χ4n) is 0.544.